The summed E-state index contributed by atoms with van der Waals surface area (Å²) < 4.78 is 7.43. The number of hydrogen-bond donors (Lipinski definition) is 0. The molecule has 0 aliphatic heterocycles. The lowest BCUT2D eigenvalue weighted by Gasteiger charge is -2.18. The molecule has 0 unspecified atom stereocenters. The molecule has 0 bridgehead atoms. The maximum Gasteiger partial charge on any atom is 0.264 e. The van der Waals surface area contributed by atoms with Crippen LogP contribution < -0.4 is 15.2 Å². The maximum atomic E-state index is 12.5. The van der Waals surface area contributed by atoms with Crippen LogP contribution in [0.3, 0.4) is 0 Å². The van der Waals surface area contributed by atoms with Gasteiger partial charge >= 0.3 is 0 Å². The van der Waals surface area contributed by atoms with Crippen molar-refractivity contribution in [3.63, 3.8) is 0 Å². The summed E-state index contributed by atoms with van der Waals surface area (Å²) in [7, 11) is 1.72. The van der Waals surface area contributed by atoms with E-state index < -0.39 is 0 Å². The Morgan fingerprint density at radius 3 is 2.54 bits per heavy atom. The van der Waals surface area contributed by atoms with Gasteiger partial charge in [-0.2, -0.15) is 0 Å². The molecule has 1 aromatic heterocycles. The number of fused-ring (bicyclic) bond motifs is 1. The zero-order chi connectivity index (χ0) is 18.5. The van der Waals surface area contributed by atoms with E-state index in [9.17, 15) is 9.59 Å². The van der Waals surface area contributed by atoms with Gasteiger partial charge in [0.2, 0.25) is 0 Å². The minimum absolute atomic E-state index is 0.0393. The molecule has 134 valence electrons. The van der Waals surface area contributed by atoms with Crippen LogP contribution in [0.15, 0.2) is 65.6 Å². The number of carbonyl (C=O) groups excluding carboxylic acids is 1. The molecular formula is C21H22N2O3. The van der Waals surface area contributed by atoms with Crippen molar-refractivity contribution >= 4 is 22.4 Å². The van der Waals surface area contributed by atoms with E-state index in [-0.39, 0.29) is 18.1 Å². The number of ether oxygens (including phenoxy) is 1. The number of pyridine rings is 1. The number of aromatic nitrogens is 1. The Hall–Kier alpha value is -3.08. The minimum atomic E-state index is -0.160. The van der Waals surface area contributed by atoms with Gasteiger partial charge in [0.1, 0.15) is 5.75 Å². The number of aryl methyl sites for hydroxylation is 1. The van der Waals surface area contributed by atoms with Crippen molar-refractivity contribution in [2.45, 2.75) is 19.9 Å². The number of benzene rings is 2. The Labute approximate surface area is 152 Å². The third-order valence-electron chi connectivity index (χ3n) is 4.31. The van der Waals surface area contributed by atoms with Crippen LogP contribution in [0.5, 0.6) is 5.75 Å². The van der Waals surface area contributed by atoms with Gasteiger partial charge < -0.3 is 14.2 Å². The highest BCUT2D eigenvalue weighted by Gasteiger charge is 2.13. The molecule has 0 atom stereocenters. The lowest BCUT2D eigenvalue weighted by Crippen LogP contribution is -2.31. The molecule has 0 aliphatic rings. The third-order valence-corrected chi connectivity index (χ3v) is 4.31. The Kier molecular flexibility index (Phi) is 5.37. The zero-order valence-electron chi connectivity index (χ0n) is 15.0. The molecule has 5 nitrogen and oxygen atoms in total. The average Bonchev–Trinajstić information content (AvgIpc) is 2.68. The molecular weight excluding hydrogens is 328 g/mol. The Bertz CT molecular complexity index is 964. The second-order valence-electron chi connectivity index (χ2n) is 6.11. The monoisotopic (exact) mass is 350 g/mol. The van der Waals surface area contributed by atoms with Gasteiger partial charge in [-0.1, -0.05) is 31.2 Å². The highest BCUT2D eigenvalue weighted by atomic mass is 16.5. The van der Waals surface area contributed by atoms with Crippen molar-refractivity contribution in [1.82, 2.24) is 4.57 Å². The van der Waals surface area contributed by atoms with E-state index in [0.717, 1.165) is 17.5 Å². The summed E-state index contributed by atoms with van der Waals surface area (Å²) >= 11 is 0. The molecule has 3 rings (SSSR count). The summed E-state index contributed by atoms with van der Waals surface area (Å²) in [5.74, 6) is 0.380. The first-order valence-corrected chi connectivity index (χ1v) is 8.68. The Balaban J connectivity index is 1.80. The van der Waals surface area contributed by atoms with Crippen LogP contribution in [0.25, 0.3) is 10.8 Å². The van der Waals surface area contributed by atoms with E-state index in [1.54, 1.807) is 40.9 Å². The fourth-order valence-electron chi connectivity index (χ4n) is 2.86. The summed E-state index contributed by atoms with van der Waals surface area (Å²) in [5, 5.41) is 1.32. The predicted octanol–water partition coefficient (Wildman–Crippen LogP) is 3.45. The van der Waals surface area contributed by atoms with Crippen molar-refractivity contribution in [1.29, 1.82) is 0 Å². The largest absolute Gasteiger partial charge is 0.483 e. The first-order chi connectivity index (χ1) is 12.6. The standard InChI is InChI=1S/C21H22N2O3/c1-3-13-23-14-12-17-18(21(23)25)10-7-11-19(17)26-15-20(24)22(2)16-8-5-4-6-9-16/h4-12,14H,3,13,15H2,1-2H3. The van der Waals surface area contributed by atoms with Crippen molar-refractivity contribution in [3.05, 3.63) is 71.1 Å². The fraction of sp³-hybridized carbons (Fsp3) is 0.238. The molecule has 5 heteroatoms. The minimum Gasteiger partial charge on any atom is -0.483 e. The highest BCUT2D eigenvalue weighted by Crippen LogP contribution is 2.23. The smallest absolute Gasteiger partial charge is 0.264 e. The molecule has 1 heterocycles. The van der Waals surface area contributed by atoms with Crippen molar-refractivity contribution < 1.29 is 9.53 Å². The number of likely N-dealkylation sites (N-methyl/N-ethyl adjacent to an activating group) is 1. The number of para-hydroxylation sites is 1. The summed E-state index contributed by atoms with van der Waals surface area (Å²) in [6.45, 7) is 2.62. The number of anilines is 1. The lowest BCUT2D eigenvalue weighted by molar-refractivity contribution is -0.120. The Morgan fingerprint density at radius 2 is 1.81 bits per heavy atom. The van der Waals surface area contributed by atoms with Crippen LogP contribution in [0.2, 0.25) is 0 Å². The topological polar surface area (TPSA) is 51.5 Å². The van der Waals surface area contributed by atoms with Crippen LogP contribution in [0.1, 0.15) is 13.3 Å². The number of amides is 1. The quantitative estimate of drug-likeness (QED) is 0.684. The van der Waals surface area contributed by atoms with Gasteiger partial charge in [-0.05, 0) is 36.8 Å². The van der Waals surface area contributed by atoms with Gasteiger partial charge in [0.25, 0.3) is 11.5 Å². The predicted molar refractivity (Wildman–Crippen MR) is 104 cm³/mol. The van der Waals surface area contributed by atoms with Gasteiger partial charge in [0, 0.05) is 30.9 Å². The first-order valence-electron chi connectivity index (χ1n) is 8.68. The van der Waals surface area contributed by atoms with Crippen LogP contribution >= 0.6 is 0 Å². The Morgan fingerprint density at radius 1 is 1.04 bits per heavy atom. The van der Waals surface area contributed by atoms with Crippen molar-refractivity contribution in [2.24, 2.45) is 0 Å². The summed E-state index contributed by atoms with van der Waals surface area (Å²) in [6.07, 6.45) is 2.67. The van der Waals surface area contributed by atoms with Crippen molar-refractivity contribution in [3.8, 4) is 5.75 Å². The molecule has 3 aromatic rings. The molecule has 1 amide bonds. The van der Waals surface area contributed by atoms with Gasteiger partial charge in [-0.25, -0.2) is 0 Å². The summed E-state index contributed by atoms with van der Waals surface area (Å²) in [4.78, 5) is 26.5. The number of rotatable bonds is 6. The van der Waals surface area contributed by atoms with Crippen LogP contribution in [-0.4, -0.2) is 24.1 Å². The van der Waals surface area contributed by atoms with Crippen LogP contribution in [0, 0.1) is 0 Å². The fourth-order valence-corrected chi connectivity index (χ4v) is 2.86. The molecule has 0 radical (unpaired) electrons. The molecule has 0 aliphatic carbocycles. The normalized spacial score (nSPS) is 10.7. The van der Waals surface area contributed by atoms with E-state index in [0.29, 0.717) is 17.7 Å². The van der Waals surface area contributed by atoms with E-state index >= 15 is 0 Å². The van der Waals surface area contributed by atoms with Crippen LogP contribution in [-0.2, 0) is 11.3 Å². The van der Waals surface area contributed by atoms with Gasteiger partial charge in [0.15, 0.2) is 6.61 Å². The van der Waals surface area contributed by atoms with E-state index in [2.05, 4.69) is 0 Å². The number of carbonyl (C=O) groups is 1. The maximum absolute atomic E-state index is 12.5. The average molecular weight is 350 g/mol. The van der Waals surface area contributed by atoms with Crippen LogP contribution in [0.4, 0.5) is 5.69 Å². The van der Waals surface area contributed by atoms with E-state index in [1.807, 2.05) is 43.3 Å². The van der Waals surface area contributed by atoms with E-state index in [4.69, 9.17) is 4.74 Å². The second-order valence-corrected chi connectivity index (χ2v) is 6.11. The SMILES string of the molecule is CCCn1ccc2c(OCC(=O)N(C)c3ccccc3)cccc2c1=O. The third kappa shape index (κ3) is 3.61. The van der Waals surface area contributed by atoms with Gasteiger partial charge in [-0.3, -0.25) is 9.59 Å². The molecule has 0 N–H and O–H groups in total. The summed E-state index contributed by atoms with van der Waals surface area (Å²) in [5.41, 5.74) is 0.768. The number of nitrogens with zero attached hydrogens (tertiary/aromatic N) is 2. The first kappa shape index (κ1) is 17.7. The summed E-state index contributed by atoms with van der Waals surface area (Å²) in [6, 6.07) is 16.6. The zero-order valence-corrected chi connectivity index (χ0v) is 15.0. The molecule has 2 aromatic carbocycles. The van der Waals surface area contributed by atoms with Crippen molar-refractivity contribution in [2.75, 3.05) is 18.6 Å². The molecule has 0 spiro atoms. The number of hydrogen-bond acceptors (Lipinski definition) is 3. The molecule has 0 fully saturated rings. The van der Waals surface area contributed by atoms with Gasteiger partial charge in [0.05, 0.1) is 5.39 Å². The second kappa shape index (κ2) is 7.87. The lowest BCUT2D eigenvalue weighted by atomic mass is 10.1. The van der Waals surface area contributed by atoms with E-state index in [1.165, 1.54) is 0 Å². The highest BCUT2D eigenvalue weighted by molar-refractivity contribution is 5.94. The molecule has 26 heavy (non-hydrogen) atoms. The van der Waals surface area contributed by atoms with Gasteiger partial charge in [-0.15, -0.1) is 0 Å². The molecule has 0 saturated carbocycles. The molecule has 0 saturated heterocycles.